The number of phenolic OH excluding ortho intramolecular Hbond substituents is 1. The van der Waals surface area contributed by atoms with Crippen molar-refractivity contribution in [2.24, 2.45) is 11.7 Å². The number of nitrogens with one attached hydrogen (secondary N) is 1. The van der Waals surface area contributed by atoms with Crippen LogP contribution in [0.25, 0.3) is 0 Å². The van der Waals surface area contributed by atoms with Crippen LogP contribution in [0.15, 0.2) is 18.2 Å². The summed E-state index contributed by atoms with van der Waals surface area (Å²) in [7, 11) is 1.40. The van der Waals surface area contributed by atoms with Gasteiger partial charge in [-0.3, -0.25) is 9.59 Å². The molecular formula is C21H31N3O5. The summed E-state index contributed by atoms with van der Waals surface area (Å²) in [5.41, 5.74) is 6.24. The van der Waals surface area contributed by atoms with Crippen LogP contribution in [0.4, 0.5) is 0 Å². The van der Waals surface area contributed by atoms with Crippen molar-refractivity contribution < 1.29 is 24.5 Å². The van der Waals surface area contributed by atoms with Crippen LogP contribution in [0, 0.1) is 5.92 Å². The molecule has 8 nitrogen and oxygen atoms in total. The third-order valence-corrected chi connectivity index (χ3v) is 6.05. The van der Waals surface area contributed by atoms with Gasteiger partial charge in [0.05, 0.1) is 7.11 Å². The molecule has 2 aliphatic rings. The Morgan fingerprint density at radius 2 is 2.00 bits per heavy atom. The fourth-order valence-electron chi connectivity index (χ4n) is 4.22. The molecule has 0 spiro atoms. The molecule has 2 amide bonds. The zero-order valence-corrected chi connectivity index (χ0v) is 16.8. The molecule has 1 saturated heterocycles. The van der Waals surface area contributed by atoms with Gasteiger partial charge in [-0.1, -0.05) is 6.07 Å². The van der Waals surface area contributed by atoms with E-state index in [1.807, 2.05) is 0 Å². The van der Waals surface area contributed by atoms with Gasteiger partial charge in [-0.15, -0.1) is 0 Å². The molecular weight excluding hydrogens is 374 g/mol. The first kappa shape index (κ1) is 21.4. The summed E-state index contributed by atoms with van der Waals surface area (Å²) in [5, 5.41) is 23.2. The van der Waals surface area contributed by atoms with Gasteiger partial charge in [0, 0.05) is 19.1 Å². The van der Waals surface area contributed by atoms with Gasteiger partial charge < -0.3 is 30.9 Å². The third kappa shape index (κ3) is 5.00. The lowest BCUT2D eigenvalue weighted by Gasteiger charge is -2.29. The topological polar surface area (TPSA) is 125 Å². The van der Waals surface area contributed by atoms with Crippen LogP contribution in [0.2, 0.25) is 0 Å². The fraction of sp³-hybridized carbons (Fsp3) is 0.619. The number of rotatable bonds is 6. The van der Waals surface area contributed by atoms with Crippen molar-refractivity contribution in [3.63, 3.8) is 0 Å². The van der Waals surface area contributed by atoms with Crippen molar-refractivity contribution in [3.05, 3.63) is 23.8 Å². The molecule has 5 N–H and O–H groups in total. The number of hydrogen-bond donors (Lipinski definition) is 4. The molecule has 2 fully saturated rings. The Morgan fingerprint density at radius 1 is 1.28 bits per heavy atom. The summed E-state index contributed by atoms with van der Waals surface area (Å²) in [4.78, 5) is 27.0. The minimum absolute atomic E-state index is 0.0713. The number of nitrogens with two attached hydrogens (primary N) is 1. The Labute approximate surface area is 171 Å². The van der Waals surface area contributed by atoms with Gasteiger partial charge in [0.1, 0.15) is 6.04 Å². The monoisotopic (exact) mass is 405 g/mol. The molecule has 1 aliphatic heterocycles. The van der Waals surface area contributed by atoms with Crippen molar-refractivity contribution in [1.29, 1.82) is 0 Å². The molecule has 29 heavy (non-hydrogen) atoms. The van der Waals surface area contributed by atoms with Crippen molar-refractivity contribution in [2.75, 3.05) is 20.2 Å². The highest BCUT2D eigenvalue weighted by atomic mass is 16.5. The maximum atomic E-state index is 12.9. The predicted octanol–water partition coefficient (Wildman–Crippen LogP) is 1.06. The van der Waals surface area contributed by atoms with Crippen LogP contribution in [-0.2, 0) is 9.59 Å². The molecule has 1 aromatic carbocycles. The molecule has 1 aliphatic carbocycles. The van der Waals surface area contributed by atoms with E-state index in [0.29, 0.717) is 37.4 Å². The van der Waals surface area contributed by atoms with E-state index in [1.165, 1.54) is 30.2 Å². The Balaban J connectivity index is 1.60. The van der Waals surface area contributed by atoms with Gasteiger partial charge in [-0.05, 0) is 62.1 Å². The predicted molar refractivity (Wildman–Crippen MR) is 107 cm³/mol. The van der Waals surface area contributed by atoms with E-state index in [1.54, 1.807) is 0 Å². The minimum atomic E-state index is -1.42. The highest BCUT2D eigenvalue weighted by molar-refractivity contribution is 5.90. The van der Waals surface area contributed by atoms with Crippen LogP contribution in [0.3, 0.4) is 0 Å². The molecule has 160 valence electrons. The maximum absolute atomic E-state index is 12.9. The second-order valence-electron chi connectivity index (χ2n) is 8.05. The average Bonchev–Trinajstić information content (AvgIpc) is 3.22. The van der Waals surface area contributed by atoms with E-state index in [-0.39, 0.29) is 23.4 Å². The second kappa shape index (κ2) is 9.45. The Hall–Kier alpha value is -2.32. The molecule has 3 rings (SSSR count). The third-order valence-electron chi connectivity index (χ3n) is 6.05. The Bertz CT molecular complexity index is 733. The highest BCUT2D eigenvalue weighted by Gasteiger charge is 2.37. The van der Waals surface area contributed by atoms with Crippen LogP contribution >= 0.6 is 0 Å². The number of carbonyl (C=O) groups excluding carboxylic acids is 2. The van der Waals surface area contributed by atoms with E-state index in [9.17, 15) is 19.8 Å². The van der Waals surface area contributed by atoms with Gasteiger partial charge in [0.25, 0.3) is 5.91 Å². The molecule has 8 heteroatoms. The van der Waals surface area contributed by atoms with Gasteiger partial charge in [-0.2, -0.15) is 0 Å². The van der Waals surface area contributed by atoms with Crippen LogP contribution in [0.1, 0.15) is 50.2 Å². The number of benzene rings is 1. The number of likely N-dealkylation sites (tertiary alicyclic amines) is 1. The summed E-state index contributed by atoms with van der Waals surface area (Å²) in [6, 6.07) is 3.97. The van der Waals surface area contributed by atoms with Crippen molar-refractivity contribution in [2.45, 2.75) is 56.7 Å². The van der Waals surface area contributed by atoms with Crippen LogP contribution in [0.5, 0.6) is 11.5 Å². The summed E-state index contributed by atoms with van der Waals surface area (Å²) in [5.74, 6) is -0.144. The zero-order valence-electron chi connectivity index (χ0n) is 16.8. The standard InChI is InChI=1S/C21H31N3O5/c1-29-18-11-14(6-9-17(18)25)19(26)21(28)24-10-2-3-16(24)20(27)23-12-13-4-7-15(22)8-5-13/h6,9,11,13,15-16,19,25-26H,2-5,7-8,10,12,22H2,1H3,(H,23,27)/t13?,15?,16-,19?/m0/s1. The van der Waals surface area contributed by atoms with E-state index >= 15 is 0 Å². The first-order valence-corrected chi connectivity index (χ1v) is 10.3. The largest absolute Gasteiger partial charge is 0.504 e. The normalized spacial score (nSPS) is 25.5. The lowest BCUT2D eigenvalue weighted by molar-refractivity contribution is -0.145. The fourth-order valence-corrected chi connectivity index (χ4v) is 4.22. The van der Waals surface area contributed by atoms with Crippen molar-refractivity contribution in [1.82, 2.24) is 10.2 Å². The summed E-state index contributed by atoms with van der Waals surface area (Å²) in [6.07, 6.45) is 3.87. The smallest absolute Gasteiger partial charge is 0.256 e. The number of carbonyl (C=O) groups is 2. The lowest BCUT2D eigenvalue weighted by Crippen LogP contribution is -2.48. The van der Waals surface area contributed by atoms with E-state index in [0.717, 1.165) is 25.7 Å². The number of hydrogen-bond acceptors (Lipinski definition) is 6. The van der Waals surface area contributed by atoms with Gasteiger partial charge in [0.15, 0.2) is 17.6 Å². The van der Waals surface area contributed by atoms with E-state index in [2.05, 4.69) is 5.32 Å². The van der Waals surface area contributed by atoms with Gasteiger partial charge in [-0.25, -0.2) is 0 Å². The van der Waals surface area contributed by atoms with E-state index < -0.39 is 18.1 Å². The molecule has 0 aromatic heterocycles. The number of aliphatic hydroxyl groups is 1. The average molecular weight is 405 g/mol. The van der Waals surface area contributed by atoms with Crippen LogP contribution in [-0.4, -0.2) is 59.2 Å². The van der Waals surface area contributed by atoms with Gasteiger partial charge in [0.2, 0.25) is 5.91 Å². The summed E-state index contributed by atoms with van der Waals surface area (Å²) in [6.45, 7) is 1.03. The zero-order chi connectivity index (χ0) is 21.0. The molecule has 0 bridgehead atoms. The summed E-state index contributed by atoms with van der Waals surface area (Å²) < 4.78 is 5.04. The van der Waals surface area contributed by atoms with Crippen molar-refractivity contribution >= 4 is 11.8 Å². The minimum Gasteiger partial charge on any atom is -0.504 e. The first-order chi connectivity index (χ1) is 13.9. The van der Waals surface area contributed by atoms with E-state index in [4.69, 9.17) is 10.5 Å². The molecule has 1 saturated carbocycles. The first-order valence-electron chi connectivity index (χ1n) is 10.3. The number of ether oxygens (including phenoxy) is 1. The molecule has 1 aromatic rings. The Morgan fingerprint density at radius 3 is 2.69 bits per heavy atom. The quantitative estimate of drug-likeness (QED) is 0.561. The number of nitrogens with zero attached hydrogens (tertiary/aromatic N) is 1. The number of aromatic hydroxyl groups is 1. The maximum Gasteiger partial charge on any atom is 0.256 e. The van der Waals surface area contributed by atoms with Crippen molar-refractivity contribution in [3.8, 4) is 11.5 Å². The number of amides is 2. The second-order valence-corrected chi connectivity index (χ2v) is 8.05. The molecule has 1 unspecified atom stereocenters. The number of methoxy groups -OCH3 is 1. The molecule has 1 heterocycles. The Kier molecular flexibility index (Phi) is 6.97. The molecule has 0 radical (unpaired) electrons. The molecule has 2 atom stereocenters. The van der Waals surface area contributed by atoms with Crippen LogP contribution < -0.4 is 15.8 Å². The summed E-state index contributed by atoms with van der Waals surface area (Å²) >= 11 is 0. The lowest BCUT2D eigenvalue weighted by atomic mass is 9.86. The van der Waals surface area contributed by atoms with Gasteiger partial charge >= 0.3 is 0 Å². The number of aliphatic hydroxyl groups excluding tert-OH is 1. The highest BCUT2D eigenvalue weighted by Crippen LogP contribution is 2.31. The number of phenols is 1. The SMILES string of the molecule is COc1cc(C(O)C(=O)N2CCC[C@H]2C(=O)NCC2CCC(N)CC2)ccc1O.